The molecule has 0 unspecified atom stereocenters. The fourth-order valence-electron chi connectivity index (χ4n) is 2.49. The van der Waals surface area contributed by atoms with Crippen LogP contribution in [-0.2, 0) is 6.54 Å². The molecule has 3 aromatic heterocycles. The summed E-state index contributed by atoms with van der Waals surface area (Å²) in [5.41, 5.74) is 9.23. The average Bonchev–Trinajstić information content (AvgIpc) is 3.14. The van der Waals surface area contributed by atoms with E-state index in [2.05, 4.69) is 27.3 Å². The lowest BCUT2D eigenvalue weighted by molar-refractivity contribution is 0.687. The van der Waals surface area contributed by atoms with E-state index in [0.29, 0.717) is 17.2 Å². The number of nitrogens with zero attached hydrogens (tertiary/aromatic N) is 5. The van der Waals surface area contributed by atoms with Crippen molar-refractivity contribution >= 4 is 23.2 Å². The number of pyridine rings is 1. The van der Waals surface area contributed by atoms with Gasteiger partial charge in [-0.25, -0.2) is 4.52 Å². The maximum Gasteiger partial charge on any atom is 0.240 e. The Morgan fingerprint density at radius 1 is 1.09 bits per heavy atom. The summed E-state index contributed by atoms with van der Waals surface area (Å²) in [6, 6.07) is 12.0. The van der Waals surface area contributed by atoms with Crippen molar-refractivity contribution in [1.82, 2.24) is 24.4 Å². The van der Waals surface area contributed by atoms with E-state index in [4.69, 9.17) is 17.3 Å². The van der Waals surface area contributed by atoms with Crippen LogP contribution in [0.3, 0.4) is 0 Å². The van der Waals surface area contributed by atoms with Crippen molar-refractivity contribution in [3.63, 3.8) is 0 Å². The smallest absolute Gasteiger partial charge is 0.240 e. The zero-order valence-corrected chi connectivity index (χ0v) is 12.9. The third kappa shape index (κ3) is 2.64. The monoisotopic (exact) mass is 324 g/mol. The second-order valence-corrected chi connectivity index (χ2v) is 5.63. The van der Waals surface area contributed by atoms with Crippen LogP contribution in [0.4, 0.5) is 5.95 Å². The Morgan fingerprint density at radius 2 is 1.91 bits per heavy atom. The van der Waals surface area contributed by atoms with Gasteiger partial charge in [-0.3, -0.25) is 4.68 Å². The van der Waals surface area contributed by atoms with E-state index >= 15 is 0 Å². The molecule has 0 spiro atoms. The zero-order valence-electron chi connectivity index (χ0n) is 12.1. The zero-order chi connectivity index (χ0) is 15.8. The van der Waals surface area contributed by atoms with Crippen LogP contribution < -0.4 is 5.73 Å². The molecule has 3 heterocycles. The minimum Gasteiger partial charge on any atom is -0.366 e. The number of anilines is 1. The van der Waals surface area contributed by atoms with Gasteiger partial charge in [-0.2, -0.15) is 10.1 Å². The number of hydrogen-bond acceptors (Lipinski definition) is 4. The molecule has 0 aliphatic heterocycles. The summed E-state index contributed by atoms with van der Waals surface area (Å²) < 4.78 is 3.47. The first-order valence-corrected chi connectivity index (χ1v) is 7.45. The normalized spacial score (nSPS) is 11.2. The first-order chi connectivity index (χ1) is 11.2. The van der Waals surface area contributed by atoms with Crippen molar-refractivity contribution in [2.24, 2.45) is 0 Å². The van der Waals surface area contributed by atoms with Gasteiger partial charge in [0.25, 0.3) is 0 Å². The van der Waals surface area contributed by atoms with Crippen molar-refractivity contribution in [3.05, 3.63) is 65.6 Å². The van der Waals surface area contributed by atoms with Crippen molar-refractivity contribution in [2.45, 2.75) is 6.54 Å². The summed E-state index contributed by atoms with van der Waals surface area (Å²) in [6.07, 6.45) is 5.62. The molecule has 0 bridgehead atoms. The van der Waals surface area contributed by atoms with Crippen LogP contribution in [0.25, 0.3) is 16.8 Å². The van der Waals surface area contributed by atoms with E-state index in [-0.39, 0.29) is 5.95 Å². The fraction of sp³-hybridized carbons (Fsp3) is 0.0625. The summed E-state index contributed by atoms with van der Waals surface area (Å²) in [4.78, 5) is 4.09. The summed E-state index contributed by atoms with van der Waals surface area (Å²) >= 11 is 6.26. The van der Waals surface area contributed by atoms with Gasteiger partial charge in [0.2, 0.25) is 5.95 Å². The molecule has 0 amide bonds. The van der Waals surface area contributed by atoms with Gasteiger partial charge in [0.05, 0.1) is 17.8 Å². The van der Waals surface area contributed by atoms with E-state index < -0.39 is 0 Å². The number of aromatic nitrogens is 5. The van der Waals surface area contributed by atoms with Crippen molar-refractivity contribution in [3.8, 4) is 11.1 Å². The second kappa shape index (κ2) is 5.40. The van der Waals surface area contributed by atoms with E-state index in [1.807, 2.05) is 41.3 Å². The van der Waals surface area contributed by atoms with Gasteiger partial charge < -0.3 is 5.73 Å². The first kappa shape index (κ1) is 13.8. The molecular weight excluding hydrogens is 312 g/mol. The molecule has 4 aromatic rings. The van der Waals surface area contributed by atoms with Crippen LogP contribution in [0.1, 0.15) is 5.56 Å². The number of rotatable bonds is 3. The Bertz CT molecular complexity index is 973. The summed E-state index contributed by atoms with van der Waals surface area (Å²) in [5.74, 6) is 0.198. The highest BCUT2D eigenvalue weighted by Gasteiger charge is 2.10. The van der Waals surface area contributed by atoms with Gasteiger partial charge >= 0.3 is 0 Å². The molecule has 1 aromatic carbocycles. The Morgan fingerprint density at radius 3 is 2.74 bits per heavy atom. The van der Waals surface area contributed by atoms with Gasteiger partial charge in [0.1, 0.15) is 0 Å². The summed E-state index contributed by atoms with van der Waals surface area (Å²) in [6.45, 7) is 0.715. The molecule has 0 aliphatic carbocycles. The lowest BCUT2D eigenvalue weighted by Crippen LogP contribution is -1.99. The van der Waals surface area contributed by atoms with E-state index in [1.54, 1.807) is 10.7 Å². The number of nitrogen functional groups attached to an aromatic ring is 1. The van der Waals surface area contributed by atoms with Crippen LogP contribution >= 0.6 is 11.6 Å². The quantitative estimate of drug-likeness (QED) is 0.629. The maximum atomic E-state index is 6.26. The minimum atomic E-state index is 0.198. The highest BCUT2D eigenvalue weighted by molar-refractivity contribution is 6.33. The third-order valence-electron chi connectivity index (χ3n) is 3.56. The van der Waals surface area contributed by atoms with Crippen molar-refractivity contribution in [2.75, 3.05) is 5.73 Å². The Balaban J connectivity index is 1.68. The molecule has 0 saturated carbocycles. The van der Waals surface area contributed by atoms with Gasteiger partial charge in [-0.1, -0.05) is 41.9 Å². The molecule has 0 saturated heterocycles. The van der Waals surface area contributed by atoms with E-state index in [9.17, 15) is 0 Å². The highest BCUT2D eigenvalue weighted by Crippen LogP contribution is 2.25. The lowest BCUT2D eigenvalue weighted by Gasteiger charge is -2.02. The second-order valence-electron chi connectivity index (χ2n) is 5.23. The van der Waals surface area contributed by atoms with Gasteiger partial charge in [0, 0.05) is 23.5 Å². The van der Waals surface area contributed by atoms with Crippen LogP contribution in [0.15, 0.2) is 55.0 Å². The first-order valence-electron chi connectivity index (χ1n) is 7.07. The van der Waals surface area contributed by atoms with Gasteiger partial charge in [-0.15, -0.1) is 5.10 Å². The van der Waals surface area contributed by atoms with Crippen LogP contribution in [0.5, 0.6) is 0 Å². The predicted molar refractivity (Wildman–Crippen MR) is 89.2 cm³/mol. The molecule has 0 fully saturated rings. The Labute approximate surface area is 137 Å². The molecular formula is C16H13ClN6. The van der Waals surface area contributed by atoms with E-state index in [0.717, 1.165) is 11.1 Å². The summed E-state index contributed by atoms with van der Waals surface area (Å²) in [7, 11) is 0. The standard InChI is InChI=1S/C16H13ClN6/c17-14-6-12(10-23-15(14)20-16(18)21-23)13-7-19-22(9-13)8-11-4-2-1-3-5-11/h1-7,9-10H,8H2,(H2,18,21). The third-order valence-corrected chi connectivity index (χ3v) is 3.84. The molecule has 114 valence electrons. The summed E-state index contributed by atoms with van der Waals surface area (Å²) in [5, 5.41) is 9.02. The lowest BCUT2D eigenvalue weighted by atomic mass is 10.2. The number of benzene rings is 1. The molecule has 7 heteroatoms. The molecule has 6 nitrogen and oxygen atoms in total. The molecule has 2 N–H and O–H groups in total. The molecule has 0 aliphatic rings. The van der Waals surface area contributed by atoms with Crippen molar-refractivity contribution < 1.29 is 0 Å². The molecule has 23 heavy (non-hydrogen) atoms. The number of halogens is 1. The fourth-order valence-corrected chi connectivity index (χ4v) is 2.74. The average molecular weight is 325 g/mol. The Kier molecular flexibility index (Phi) is 3.24. The van der Waals surface area contributed by atoms with Crippen LogP contribution in [0, 0.1) is 0 Å². The largest absolute Gasteiger partial charge is 0.366 e. The van der Waals surface area contributed by atoms with Crippen molar-refractivity contribution in [1.29, 1.82) is 0 Å². The minimum absolute atomic E-state index is 0.198. The number of fused-ring (bicyclic) bond motifs is 1. The van der Waals surface area contributed by atoms with Gasteiger partial charge in [-0.05, 0) is 11.6 Å². The molecule has 4 rings (SSSR count). The number of hydrogen-bond donors (Lipinski definition) is 1. The van der Waals surface area contributed by atoms with E-state index in [1.165, 1.54) is 5.56 Å². The predicted octanol–water partition coefficient (Wildman–Crippen LogP) is 2.88. The Hall–Kier alpha value is -2.86. The highest BCUT2D eigenvalue weighted by atomic mass is 35.5. The van der Waals surface area contributed by atoms with Gasteiger partial charge in [0.15, 0.2) is 5.65 Å². The van der Waals surface area contributed by atoms with Crippen LogP contribution in [0.2, 0.25) is 5.02 Å². The SMILES string of the molecule is Nc1nc2c(Cl)cc(-c3cnn(Cc4ccccc4)c3)cn2n1. The topological polar surface area (TPSA) is 74.0 Å². The molecule has 0 atom stereocenters. The molecule has 0 radical (unpaired) electrons. The number of nitrogens with two attached hydrogens (primary N) is 1. The maximum absolute atomic E-state index is 6.26. The van der Waals surface area contributed by atoms with Crippen LogP contribution in [-0.4, -0.2) is 24.4 Å².